The molecule has 3 heteroatoms. The summed E-state index contributed by atoms with van der Waals surface area (Å²) in [6.45, 7) is 15.2. The van der Waals surface area contributed by atoms with E-state index in [0.717, 1.165) is 30.8 Å². The van der Waals surface area contributed by atoms with Crippen molar-refractivity contribution in [1.82, 2.24) is 0 Å². The van der Waals surface area contributed by atoms with Gasteiger partial charge in [-0.25, -0.2) is 0 Å². The highest BCUT2D eigenvalue weighted by molar-refractivity contribution is 5.40. The van der Waals surface area contributed by atoms with Gasteiger partial charge < -0.3 is 15.3 Å². The number of hydrogen-bond acceptors (Lipinski definition) is 3. The molecule has 3 aliphatic carbocycles. The number of hydrogen-bond donors (Lipinski definition) is 3. The van der Waals surface area contributed by atoms with E-state index in [1.807, 2.05) is 13.8 Å². The molecular weight excluding hydrogens is 384 g/mol. The molecule has 0 unspecified atom stereocenters. The molecule has 0 heterocycles. The van der Waals surface area contributed by atoms with Crippen LogP contribution in [-0.2, 0) is 0 Å². The third-order valence-corrected chi connectivity index (χ3v) is 8.92. The van der Waals surface area contributed by atoms with Crippen molar-refractivity contribution >= 4 is 0 Å². The smallest absolute Gasteiger partial charge is 0.0627 e. The van der Waals surface area contributed by atoms with E-state index in [1.165, 1.54) is 36.8 Å². The average Bonchev–Trinajstić information content (AvgIpc) is 3.01. The van der Waals surface area contributed by atoms with E-state index in [9.17, 15) is 15.3 Å². The van der Waals surface area contributed by atoms with Crippen molar-refractivity contribution in [2.45, 2.75) is 110 Å². The Morgan fingerprint density at radius 1 is 1.23 bits per heavy atom. The molecule has 0 spiro atoms. The maximum atomic E-state index is 10.3. The van der Waals surface area contributed by atoms with Gasteiger partial charge >= 0.3 is 0 Å². The van der Waals surface area contributed by atoms with E-state index in [-0.39, 0.29) is 5.92 Å². The van der Waals surface area contributed by atoms with Crippen LogP contribution in [-0.4, -0.2) is 33.1 Å². The summed E-state index contributed by atoms with van der Waals surface area (Å²) in [5.41, 5.74) is 3.60. The summed E-state index contributed by atoms with van der Waals surface area (Å²) in [6.07, 6.45) is 12.7. The molecule has 31 heavy (non-hydrogen) atoms. The lowest BCUT2D eigenvalue weighted by Gasteiger charge is -2.45. The monoisotopic (exact) mass is 430 g/mol. The van der Waals surface area contributed by atoms with Gasteiger partial charge in [-0.2, -0.15) is 0 Å². The molecule has 3 rings (SSSR count). The molecule has 0 bridgehead atoms. The molecule has 3 N–H and O–H groups in total. The van der Waals surface area contributed by atoms with Crippen molar-refractivity contribution in [3.8, 4) is 0 Å². The molecule has 0 saturated heterocycles. The van der Waals surface area contributed by atoms with Crippen molar-refractivity contribution in [3.05, 3.63) is 35.5 Å². The maximum absolute atomic E-state index is 10.3. The fourth-order valence-electron chi connectivity index (χ4n) is 6.86. The van der Waals surface area contributed by atoms with Gasteiger partial charge in [0.05, 0.1) is 17.8 Å². The van der Waals surface area contributed by atoms with Crippen molar-refractivity contribution in [1.29, 1.82) is 0 Å². The van der Waals surface area contributed by atoms with Crippen LogP contribution in [0.25, 0.3) is 0 Å². The molecule has 176 valence electrons. The molecule has 0 aromatic heterocycles. The zero-order valence-electron chi connectivity index (χ0n) is 20.5. The molecule has 0 aromatic rings. The first-order valence-corrected chi connectivity index (χ1v) is 12.6. The minimum Gasteiger partial charge on any atom is -0.393 e. The van der Waals surface area contributed by atoms with Gasteiger partial charge in [0.1, 0.15) is 0 Å². The van der Waals surface area contributed by atoms with Gasteiger partial charge in [-0.1, -0.05) is 63.5 Å². The summed E-state index contributed by atoms with van der Waals surface area (Å²) in [5, 5.41) is 30.4. The lowest BCUT2D eigenvalue weighted by molar-refractivity contribution is 0.0333. The highest BCUT2D eigenvalue weighted by atomic mass is 16.3. The van der Waals surface area contributed by atoms with Gasteiger partial charge in [0.2, 0.25) is 0 Å². The van der Waals surface area contributed by atoms with Crippen molar-refractivity contribution < 1.29 is 15.3 Å². The summed E-state index contributed by atoms with van der Waals surface area (Å²) in [5.74, 6) is 2.06. The van der Waals surface area contributed by atoms with E-state index < -0.39 is 17.8 Å². The van der Waals surface area contributed by atoms with E-state index in [2.05, 4.69) is 39.5 Å². The Hall–Kier alpha value is -0.900. The third-order valence-electron chi connectivity index (χ3n) is 8.92. The van der Waals surface area contributed by atoms with Crippen molar-refractivity contribution in [2.75, 3.05) is 0 Å². The van der Waals surface area contributed by atoms with Crippen LogP contribution in [0.5, 0.6) is 0 Å². The van der Waals surface area contributed by atoms with Crippen LogP contribution in [0.4, 0.5) is 0 Å². The van der Waals surface area contributed by atoms with Crippen LogP contribution in [0.1, 0.15) is 92.4 Å². The number of fused-ring (bicyclic) bond motifs is 1. The quantitative estimate of drug-likeness (QED) is 0.488. The van der Waals surface area contributed by atoms with Gasteiger partial charge in [-0.05, 0) is 81.1 Å². The van der Waals surface area contributed by atoms with Crippen LogP contribution in [0.15, 0.2) is 35.5 Å². The fourth-order valence-corrected chi connectivity index (χ4v) is 6.86. The molecule has 0 aromatic carbocycles. The zero-order valence-corrected chi connectivity index (χ0v) is 20.5. The Labute approximate surface area is 190 Å². The largest absolute Gasteiger partial charge is 0.393 e. The van der Waals surface area contributed by atoms with Gasteiger partial charge in [-0.15, -0.1) is 0 Å². The Bertz CT molecular complexity index is 712. The predicted molar refractivity (Wildman–Crippen MR) is 129 cm³/mol. The number of rotatable bonds is 6. The second kappa shape index (κ2) is 9.53. The molecule has 0 radical (unpaired) electrons. The number of allylic oxidation sites excluding steroid dienone is 4. The molecule has 3 aliphatic rings. The third kappa shape index (κ3) is 5.54. The van der Waals surface area contributed by atoms with E-state index in [0.29, 0.717) is 30.1 Å². The van der Waals surface area contributed by atoms with Crippen LogP contribution >= 0.6 is 0 Å². The molecule has 0 aliphatic heterocycles. The number of aliphatic hydroxyl groups excluding tert-OH is 2. The first-order chi connectivity index (χ1) is 14.4. The molecule has 3 nitrogen and oxygen atoms in total. The van der Waals surface area contributed by atoms with E-state index in [1.54, 1.807) is 0 Å². The molecular formula is C28H46O3. The molecule has 7 atom stereocenters. The zero-order chi connectivity index (χ0) is 23.0. The topological polar surface area (TPSA) is 60.7 Å². The minimum atomic E-state index is -0.564. The summed E-state index contributed by atoms with van der Waals surface area (Å²) in [6, 6.07) is 0. The SMILES string of the molecule is C=C1CC[C@]2(C)[C@@H]([C@H](C)CCCC(C)(C)O)CC[C@H]2/C1=C\C=C1\C[C@@H](O)C[C@H](O)[C@H]1C. The summed E-state index contributed by atoms with van der Waals surface area (Å²) < 4.78 is 0. The Balaban J connectivity index is 1.75. The second-order valence-electron chi connectivity index (χ2n) is 11.8. The van der Waals surface area contributed by atoms with Crippen LogP contribution in [0.3, 0.4) is 0 Å². The lowest BCUT2D eigenvalue weighted by atomic mass is 9.59. The van der Waals surface area contributed by atoms with Gasteiger partial charge in [0.15, 0.2) is 0 Å². The van der Waals surface area contributed by atoms with E-state index in [4.69, 9.17) is 0 Å². The molecule has 3 saturated carbocycles. The van der Waals surface area contributed by atoms with Gasteiger partial charge in [-0.3, -0.25) is 0 Å². The van der Waals surface area contributed by atoms with E-state index >= 15 is 0 Å². The number of aliphatic hydroxyl groups is 3. The van der Waals surface area contributed by atoms with Crippen molar-refractivity contribution in [2.24, 2.45) is 29.1 Å². The standard InChI is InChI=1S/C28H46O3/c1-18-13-15-28(6)24(19(2)8-7-14-27(4,5)31)11-12-25(28)23(18)10-9-21-16-22(29)17-26(30)20(21)3/h9-10,19-20,22,24-26,29-31H,1,7-8,11-17H2,2-6H3/b21-9-,23-10-/t19-,20+,22-,24-,25+,26+,28-/m1/s1. The molecule has 0 amide bonds. The van der Waals surface area contributed by atoms with Gasteiger partial charge in [0.25, 0.3) is 0 Å². The Morgan fingerprint density at radius 2 is 1.94 bits per heavy atom. The van der Waals surface area contributed by atoms with Gasteiger partial charge in [0, 0.05) is 12.3 Å². The fraction of sp³-hybridized carbons (Fsp3) is 0.786. The Morgan fingerprint density at radius 3 is 2.61 bits per heavy atom. The minimum absolute atomic E-state index is 0.107. The summed E-state index contributed by atoms with van der Waals surface area (Å²) in [4.78, 5) is 0. The predicted octanol–water partition coefficient (Wildman–Crippen LogP) is 5.95. The summed E-state index contributed by atoms with van der Waals surface area (Å²) >= 11 is 0. The second-order valence-corrected chi connectivity index (χ2v) is 11.8. The van der Waals surface area contributed by atoms with Crippen LogP contribution in [0.2, 0.25) is 0 Å². The highest BCUT2D eigenvalue weighted by Gasteiger charge is 2.51. The maximum Gasteiger partial charge on any atom is 0.0627 e. The Kier molecular flexibility index (Phi) is 7.61. The average molecular weight is 431 g/mol. The normalized spacial score (nSPS) is 40.4. The lowest BCUT2D eigenvalue weighted by Crippen LogP contribution is -2.36. The first kappa shape index (κ1) is 24.7. The van der Waals surface area contributed by atoms with Crippen LogP contribution in [0, 0.1) is 29.1 Å². The summed E-state index contributed by atoms with van der Waals surface area (Å²) in [7, 11) is 0. The molecule has 3 fully saturated rings. The van der Waals surface area contributed by atoms with Crippen LogP contribution < -0.4 is 0 Å². The van der Waals surface area contributed by atoms with Crippen molar-refractivity contribution in [3.63, 3.8) is 0 Å². The highest BCUT2D eigenvalue weighted by Crippen LogP contribution is 2.60. The first-order valence-electron chi connectivity index (χ1n) is 12.6.